The third-order valence-electron chi connectivity index (χ3n) is 4.28. The van der Waals surface area contributed by atoms with Gasteiger partial charge in [0.05, 0.1) is 0 Å². The van der Waals surface area contributed by atoms with Gasteiger partial charge in [0.25, 0.3) is 11.7 Å². The van der Waals surface area contributed by atoms with E-state index >= 15 is 0 Å². The van der Waals surface area contributed by atoms with Crippen molar-refractivity contribution in [3.8, 4) is 0 Å². The van der Waals surface area contributed by atoms with Gasteiger partial charge in [-0.1, -0.05) is 6.07 Å². The van der Waals surface area contributed by atoms with Crippen molar-refractivity contribution in [3.63, 3.8) is 0 Å². The Hall–Kier alpha value is -3.01. The van der Waals surface area contributed by atoms with Crippen molar-refractivity contribution in [2.24, 2.45) is 0 Å². The van der Waals surface area contributed by atoms with Crippen LogP contribution in [-0.2, 0) is 27.2 Å². The van der Waals surface area contributed by atoms with Gasteiger partial charge in [0.2, 0.25) is 5.95 Å². The molecule has 0 aliphatic heterocycles. The molecule has 1 amide bonds. The van der Waals surface area contributed by atoms with Crippen LogP contribution in [0, 0.1) is 13.8 Å². The summed E-state index contributed by atoms with van der Waals surface area (Å²) in [6, 6.07) is 3.98. The minimum absolute atomic E-state index is 0.140. The zero-order valence-electron chi connectivity index (χ0n) is 15.8. The summed E-state index contributed by atoms with van der Waals surface area (Å²) in [4.78, 5) is 33.4. The van der Waals surface area contributed by atoms with Gasteiger partial charge in [-0.15, -0.1) is 16.4 Å². The van der Waals surface area contributed by atoms with Crippen molar-refractivity contribution in [2.75, 3.05) is 18.9 Å². The van der Waals surface area contributed by atoms with Crippen molar-refractivity contribution >= 4 is 34.9 Å². The standard InChI is InChI=1S/C18H22N6O3S/c1-11-14(12(2)24-18(21-11)22-17(19)23-24)5-6-16(26)27-10-15(25)20-8-7-13-4-3-9-28-13/h3-4,9H,5-8,10H2,1-2H3,(H2,19,23)(H,20,25). The molecule has 3 aromatic heterocycles. The van der Waals surface area contributed by atoms with Crippen LogP contribution >= 0.6 is 11.3 Å². The third-order valence-corrected chi connectivity index (χ3v) is 5.22. The Morgan fingerprint density at radius 1 is 1.29 bits per heavy atom. The van der Waals surface area contributed by atoms with Crippen LogP contribution in [0.15, 0.2) is 17.5 Å². The zero-order chi connectivity index (χ0) is 20.1. The number of nitrogen functional groups attached to an aromatic ring is 1. The molecule has 0 spiro atoms. The normalized spacial score (nSPS) is 10.9. The quantitative estimate of drug-likeness (QED) is 0.543. The van der Waals surface area contributed by atoms with Crippen LogP contribution in [0.4, 0.5) is 5.95 Å². The van der Waals surface area contributed by atoms with Gasteiger partial charge in [-0.3, -0.25) is 9.59 Å². The highest BCUT2D eigenvalue weighted by atomic mass is 32.1. The maximum Gasteiger partial charge on any atom is 0.306 e. The smallest absolute Gasteiger partial charge is 0.306 e. The molecule has 148 valence electrons. The summed E-state index contributed by atoms with van der Waals surface area (Å²) in [6.07, 6.45) is 1.33. The van der Waals surface area contributed by atoms with Gasteiger partial charge < -0.3 is 15.8 Å². The molecule has 28 heavy (non-hydrogen) atoms. The summed E-state index contributed by atoms with van der Waals surface area (Å²) in [6.45, 7) is 3.96. The molecule has 0 aromatic carbocycles. The van der Waals surface area contributed by atoms with E-state index < -0.39 is 5.97 Å². The molecular weight excluding hydrogens is 380 g/mol. The Labute approximate surface area is 165 Å². The van der Waals surface area contributed by atoms with Crippen LogP contribution in [0.25, 0.3) is 5.78 Å². The molecule has 0 saturated carbocycles. The highest BCUT2D eigenvalue weighted by Gasteiger charge is 2.15. The monoisotopic (exact) mass is 402 g/mol. The van der Waals surface area contributed by atoms with Crippen LogP contribution < -0.4 is 11.1 Å². The Bertz CT molecular complexity index is 983. The molecule has 10 heteroatoms. The van der Waals surface area contributed by atoms with Crippen LogP contribution in [0.1, 0.15) is 28.2 Å². The maximum atomic E-state index is 12.0. The van der Waals surface area contributed by atoms with Crippen molar-refractivity contribution < 1.29 is 14.3 Å². The first-order chi connectivity index (χ1) is 13.4. The number of carbonyl (C=O) groups excluding carboxylic acids is 2. The molecule has 0 bridgehead atoms. The van der Waals surface area contributed by atoms with E-state index in [-0.39, 0.29) is 24.9 Å². The van der Waals surface area contributed by atoms with E-state index in [0.29, 0.717) is 18.7 Å². The van der Waals surface area contributed by atoms with E-state index in [4.69, 9.17) is 10.5 Å². The number of hydrogen-bond acceptors (Lipinski definition) is 8. The van der Waals surface area contributed by atoms with Crippen LogP contribution in [-0.4, -0.2) is 44.6 Å². The molecule has 0 radical (unpaired) electrons. The first kappa shape index (κ1) is 19.7. The van der Waals surface area contributed by atoms with Crippen LogP contribution in [0.2, 0.25) is 0 Å². The lowest BCUT2D eigenvalue weighted by Gasteiger charge is -2.10. The average molecular weight is 402 g/mol. The fraction of sp³-hybridized carbons (Fsp3) is 0.389. The topological polar surface area (TPSA) is 124 Å². The highest BCUT2D eigenvalue weighted by Crippen LogP contribution is 2.16. The molecule has 3 rings (SSSR count). The van der Waals surface area contributed by atoms with Gasteiger partial charge >= 0.3 is 5.97 Å². The highest BCUT2D eigenvalue weighted by molar-refractivity contribution is 7.09. The molecule has 3 N–H and O–H groups in total. The number of nitrogens with one attached hydrogen (secondary N) is 1. The summed E-state index contributed by atoms with van der Waals surface area (Å²) < 4.78 is 6.62. The second-order valence-corrected chi connectivity index (χ2v) is 7.32. The molecule has 0 aliphatic carbocycles. The Morgan fingerprint density at radius 3 is 2.86 bits per heavy atom. The number of rotatable bonds is 8. The van der Waals surface area contributed by atoms with E-state index in [1.165, 1.54) is 4.88 Å². The Morgan fingerprint density at radius 2 is 2.11 bits per heavy atom. The predicted molar refractivity (Wildman–Crippen MR) is 105 cm³/mol. The fourth-order valence-electron chi connectivity index (χ4n) is 2.86. The maximum absolute atomic E-state index is 12.0. The van der Waals surface area contributed by atoms with E-state index in [9.17, 15) is 9.59 Å². The number of fused-ring (bicyclic) bond motifs is 1. The number of amides is 1. The Balaban J connectivity index is 1.45. The van der Waals surface area contributed by atoms with Crippen molar-refractivity contribution in [3.05, 3.63) is 39.3 Å². The minimum Gasteiger partial charge on any atom is -0.456 e. The van der Waals surface area contributed by atoms with Gasteiger partial charge in [-0.25, -0.2) is 4.98 Å². The number of hydrogen-bond donors (Lipinski definition) is 2. The second-order valence-electron chi connectivity index (χ2n) is 6.28. The number of ether oxygens (including phenoxy) is 1. The molecule has 3 aromatic rings. The number of thiophene rings is 1. The number of nitrogens with zero attached hydrogens (tertiary/aromatic N) is 4. The summed E-state index contributed by atoms with van der Waals surface area (Å²) in [7, 11) is 0. The van der Waals surface area contributed by atoms with Crippen molar-refractivity contribution in [1.82, 2.24) is 24.9 Å². The number of aromatic nitrogens is 4. The number of nitrogens with two attached hydrogens (primary N) is 1. The van der Waals surface area contributed by atoms with Gasteiger partial charge in [0.15, 0.2) is 6.61 Å². The van der Waals surface area contributed by atoms with Gasteiger partial charge in [-0.05, 0) is 43.7 Å². The summed E-state index contributed by atoms with van der Waals surface area (Å²) in [5.41, 5.74) is 8.09. The number of aryl methyl sites for hydroxylation is 2. The molecule has 0 fully saturated rings. The molecule has 0 unspecified atom stereocenters. The second kappa shape index (κ2) is 8.79. The van der Waals surface area contributed by atoms with E-state index in [2.05, 4.69) is 20.4 Å². The summed E-state index contributed by atoms with van der Waals surface area (Å²) in [5.74, 6) is -0.168. The fourth-order valence-corrected chi connectivity index (χ4v) is 3.57. The largest absolute Gasteiger partial charge is 0.456 e. The minimum atomic E-state index is -0.439. The molecule has 0 aliphatic rings. The molecule has 0 atom stereocenters. The van der Waals surface area contributed by atoms with Crippen LogP contribution in [0.5, 0.6) is 0 Å². The van der Waals surface area contributed by atoms with Gasteiger partial charge in [0, 0.05) is 29.2 Å². The van der Waals surface area contributed by atoms with Gasteiger partial charge in [0.1, 0.15) is 0 Å². The lowest BCUT2D eigenvalue weighted by molar-refractivity contribution is -0.148. The summed E-state index contributed by atoms with van der Waals surface area (Å²) >= 11 is 1.64. The average Bonchev–Trinajstić information content (AvgIpc) is 3.29. The zero-order valence-corrected chi connectivity index (χ0v) is 16.6. The van der Waals surface area contributed by atoms with Crippen LogP contribution in [0.3, 0.4) is 0 Å². The van der Waals surface area contributed by atoms with Gasteiger partial charge in [-0.2, -0.15) is 9.50 Å². The van der Waals surface area contributed by atoms with E-state index in [1.807, 2.05) is 31.4 Å². The van der Waals surface area contributed by atoms with E-state index in [1.54, 1.807) is 15.9 Å². The number of carbonyl (C=O) groups is 2. The van der Waals surface area contributed by atoms with Crippen molar-refractivity contribution in [1.29, 1.82) is 0 Å². The lowest BCUT2D eigenvalue weighted by Crippen LogP contribution is -2.30. The SMILES string of the molecule is Cc1nc2nc(N)nn2c(C)c1CCC(=O)OCC(=O)NCCc1cccs1. The number of esters is 1. The molecule has 3 heterocycles. The number of anilines is 1. The third kappa shape index (κ3) is 4.83. The summed E-state index contributed by atoms with van der Waals surface area (Å²) in [5, 5.41) is 8.83. The molecule has 9 nitrogen and oxygen atoms in total. The predicted octanol–water partition coefficient (Wildman–Crippen LogP) is 1.22. The first-order valence-corrected chi connectivity index (χ1v) is 9.75. The van der Waals surface area contributed by atoms with E-state index in [0.717, 1.165) is 23.4 Å². The molecular formula is C18H22N6O3S. The first-order valence-electron chi connectivity index (χ1n) is 8.87. The molecule has 0 saturated heterocycles. The Kier molecular flexibility index (Phi) is 6.19. The lowest BCUT2D eigenvalue weighted by atomic mass is 10.1. The van der Waals surface area contributed by atoms with Crippen molar-refractivity contribution in [2.45, 2.75) is 33.1 Å².